The van der Waals surface area contributed by atoms with Crippen molar-refractivity contribution in [1.82, 2.24) is 0 Å². The predicted octanol–water partition coefficient (Wildman–Crippen LogP) is 0.811. The van der Waals surface area contributed by atoms with Crippen LogP contribution in [0.5, 0.6) is 0 Å². The van der Waals surface area contributed by atoms with E-state index < -0.39 is 11.6 Å². The molecule has 0 aliphatic heterocycles. The van der Waals surface area contributed by atoms with Crippen molar-refractivity contribution in [3.8, 4) is 0 Å². The molecule has 0 aliphatic rings. The highest BCUT2D eigenvalue weighted by Crippen LogP contribution is 1.94. The number of hydrogen-bond donors (Lipinski definition) is 0. The van der Waals surface area contributed by atoms with Crippen LogP contribution in [0.25, 0.3) is 0 Å². The summed E-state index contributed by atoms with van der Waals surface area (Å²) in [6, 6.07) is 0. The summed E-state index contributed by atoms with van der Waals surface area (Å²) < 4.78 is 0. The number of ketones is 4. The van der Waals surface area contributed by atoms with Crippen LogP contribution in [0, 0.1) is 0 Å². The monoisotopic (exact) mass is 258 g/mol. The largest absolute Gasteiger partial charge is 0.299 e. The maximum absolute atomic E-state index is 11.1. The molecule has 0 heterocycles. The van der Waals surface area contributed by atoms with Crippen LogP contribution in [0.2, 0.25) is 0 Å². The minimum absolute atomic E-state index is 0.173. The van der Waals surface area contributed by atoms with Gasteiger partial charge in [-0.3, -0.25) is 19.2 Å². The van der Waals surface area contributed by atoms with Gasteiger partial charge in [-0.15, -0.1) is 0 Å². The molecule has 18 heavy (non-hydrogen) atoms. The van der Waals surface area contributed by atoms with E-state index in [4.69, 9.17) is 0 Å². The molecule has 0 aromatic rings. The van der Waals surface area contributed by atoms with E-state index in [9.17, 15) is 19.2 Å². The van der Waals surface area contributed by atoms with Crippen molar-refractivity contribution in [2.45, 2.75) is 39.5 Å². The standard InChI is InChI=1S/C12H18O6/c1-3-9(13)5-11(15)7-17-18-8-12(16)6-10(14)4-2/h3-8H2,1-2H3. The summed E-state index contributed by atoms with van der Waals surface area (Å²) in [6.45, 7) is 2.58. The van der Waals surface area contributed by atoms with E-state index in [0.717, 1.165) is 0 Å². The van der Waals surface area contributed by atoms with Crippen LogP contribution in [0.15, 0.2) is 0 Å². The van der Waals surface area contributed by atoms with E-state index in [1.807, 2.05) is 0 Å². The van der Waals surface area contributed by atoms with E-state index in [-0.39, 0.29) is 37.6 Å². The van der Waals surface area contributed by atoms with Gasteiger partial charge in [0, 0.05) is 12.8 Å². The van der Waals surface area contributed by atoms with Gasteiger partial charge in [0.05, 0.1) is 12.8 Å². The first kappa shape index (κ1) is 16.6. The van der Waals surface area contributed by atoms with E-state index in [1.54, 1.807) is 13.8 Å². The first-order valence-electron chi connectivity index (χ1n) is 5.80. The van der Waals surface area contributed by atoms with Crippen molar-refractivity contribution in [3.63, 3.8) is 0 Å². The lowest BCUT2D eigenvalue weighted by molar-refractivity contribution is -0.283. The minimum atomic E-state index is -0.404. The van der Waals surface area contributed by atoms with Crippen LogP contribution >= 0.6 is 0 Å². The highest BCUT2D eigenvalue weighted by molar-refractivity contribution is 6.00. The molecule has 0 N–H and O–H groups in total. The number of carbonyl (C=O) groups excluding carboxylic acids is 4. The maximum atomic E-state index is 11.1. The summed E-state index contributed by atoms with van der Waals surface area (Å²) in [7, 11) is 0. The molecule has 0 aromatic heterocycles. The van der Waals surface area contributed by atoms with Crippen LogP contribution in [0.1, 0.15) is 39.5 Å². The fourth-order valence-corrected chi connectivity index (χ4v) is 1.01. The topological polar surface area (TPSA) is 86.7 Å². The van der Waals surface area contributed by atoms with Gasteiger partial charge in [-0.05, 0) is 0 Å². The number of rotatable bonds is 11. The van der Waals surface area contributed by atoms with Crippen LogP contribution in [0.4, 0.5) is 0 Å². The van der Waals surface area contributed by atoms with Crippen LogP contribution in [0.3, 0.4) is 0 Å². The van der Waals surface area contributed by atoms with Crippen molar-refractivity contribution in [3.05, 3.63) is 0 Å². The number of carbonyl (C=O) groups is 4. The smallest absolute Gasteiger partial charge is 0.169 e. The third kappa shape index (κ3) is 8.72. The Balaban J connectivity index is 3.61. The third-order valence-corrected chi connectivity index (χ3v) is 2.10. The summed E-state index contributed by atoms with van der Waals surface area (Å²) in [5.74, 6) is -1.15. The van der Waals surface area contributed by atoms with Crippen LogP contribution in [-0.2, 0) is 29.0 Å². The van der Waals surface area contributed by atoms with Crippen molar-refractivity contribution in [2.75, 3.05) is 13.2 Å². The molecule has 0 bridgehead atoms. The molecule has 0 spiro atoms. The van der Waals surface area contributed by atoms with Gasteiger partial charge in [0.25, 0.3) is 0 Å². The van der Waals surface area contributed by atoms with Gasteiger partial charge in [-0.25, -0.2) is 9.78 Å². The van der Waals surface area contributed by atoms with Crippen LogP contribution < -0.4 is 0 Å². The van der Waals surface area contributed by atoms with Gasteiger partial charge >= 0.3 is 0 Å². The van der Waals surface area contributed by atoms with Crippen LogP contribution in [-0.4, -0.2) is 36.3 Å². The lowest BCUT2D eigenvalue weighted by Gasteiger charge is -2.02. The molecule has 6 heteroatoms. The van der Waals surface area contributed by atoms with E-state index in [2.05, 4.69) is 9.78 Å². The molecular weight excluding hydrogens is 240 g/mol. The molecule has 0 amide bonds. The van der Waals surface area contributed by atoms with Gasteiger partial charge in [0.2, 0.25) is 0 Å². The SMILES string of the molecule is CCC(=O)CC(=O)COOCC(=O)CC(=O)CC. The van der Waals surface area contributed by atoms with E-state index in [1.165, 1.54) is 0 Å². The summed E-state index contributed by atoms with van der Waals surface area (Å²) in [5, 5.41) is 0. The lowest BCUT2D eigenvalue weighted by atomic mass is 10.2. The molecule has 6 nitrogen and oxygen atoms in total. The van der Waals surface area contributed by atoms with Gasteiger partial charge < -0.3 is 0 Å². The zero-order valence-corrected chi connectivity index (χ0v) is 10.7. The van der Waals surface area contributed by atoms with E-state index >= 15 is 0 Å². The first-order valence-corrected chi connectivity index (χ1v) is 5.80. The van der Waals surface area contributed by atoms with Gasteiger partial charge in [0.1, 0.15) is 24.8 Å². The van der Waals surface area contributed by atoms with Crippen molar-refractivity contribution in [2.24, 2.45) is 0 Å². The highest BCUT2D eigenvalue weighted by Gasteiger charge is 2.10. The first-order chi connectivity index (χ1) is 8.49. The maximum Gasteiger partial charge on any atom is 0.169 e. The Labute approximate surface area is 106 Å². The Morgan fingerprint density at radius 3 is 1.28 bits per heavy atom. The quantitative estimate of drug-likeness (QED) is 0.236. The second-order valence-corrected chi connectivity index (χ2v) is 3.74. The molecule has 0 saturated heterocycles. The predicted molar refractivity (Wildman–Crippen MR) is 61.7 cm³/mol. The minimum Gasteiger partial charge on any atom is -0.299 e. The van der Waals surface area contributed by atoms with Gasteiger partial charge in [-0.2, -0.15) is 0 Å². The lowest BCUT2D eigenvalue weighted by Crippen LogP contribution is -2.17. The average Bonchev–Trinajstić information content (AvgIpc) is 2.34. The molecule has 0 unspecified atom stereocenters. The zero-order chi connectivity index (χ0) is 14.0. The van der Waals surface area contributed by atoms with E-state index in [0.29, 0.717) is 12.8 Å². The van der Waals surface area contributed by atoms with Gasteiger partial charge in [-0.1, -0.05) is 13.8 Å². The Morgan fingerprint density at radius 2 is 1.00 bits per heavy atom. The van der Waals surface area contributed by atoms with Crippen molar-refractivity contribution in [1.29, 1.82) is 0 Å². The molecule has 0 radical (unpaired) electrons. The van der Waals surface area contributed by atoms with Gasteiger partial charge in [0.15, 0.2) is 11.6 Å². The van der Waals surface area contributed by atoms with Crippen molar-refractivity contribution < 1.29 is 29.0 Å². The molecule has 0 saturated carbocycles. The molecule has 0 fully saturated rings. The fraction of sp³-hybridized carbons (Fsp3) is 0.667. The Kier molecular flexibility index (Phi) is 8.86. The molecule has 0 rings (SSSR count). The molecule has 0 aromatic carbocycles. The second-order valence-electron chi connectivity index (χ2n) is 3.74. The number of hydrogen-bond acceptors (Lipinski definition) is 6. The number of Topliss-reactive ketones (excluding diaryl/α,β-unsaturated/α-hetero) is 4. The molecule has 0 aliphatic carbocycles. The third-order valence-electron chi connectivity index (χ3n) is 2.10. The molecule has 102 valence electrons. The molecule has 0 atom stereocenters. The zero-order valence-electron chi connectivity index (χ0n) is 10.7. The summed E-state index contributed by atoms with van der Waals surface area (Å²) in [6.07, 6.45) is 0.207. The summed E-state index contributed by atoms with van der Waals surface area (Å²) in [4.78, 5) is 53.0. The Bertz CT molecular complexity index is 289. The second kappa shape index (κ2) is 9.61. The normalized spacial score (nSPS) is 10.1. The summed E-state index contributed by atoms with van der Waals surface area (Å²) >= 11 is 0. The fourth-order valence-electron chi connectivity index (χ4n) is 1.01. The Hall–Kier alpha value is -1.40. The Morgan fingerprint density at radius 1 is 0.667 bits per heavy atom. The summed E-state index contributed by atoms with van der Waals surface area (Å²) in [5.41, 5.74) is 0. The molecular formula is C12H18O6. The van der Waals surface area contributed by atoms with Crippen molar-refractivity contribution >= 4 is 23.1 Å². The average molecular weight is 258 g/mol. The highest BCUT2D eigenvalue weighted by atomic mass is 17.2.